The second-order valence-electron chi connectivity index (χ2n) is 3.94. The molecule has 1 atom stereocenters. The molecule has 1 aliphatic heterocycles. The van der Waals surface area contributed by atoms with Crippen LogP contribution in [0.2, 0.25) is 0 Å². The Labute approximate surface area is 101 Å². The Morgan fingerprint density at radius 3 is 2.65 bits per heavy atom. The van der Waals surface area contributed by atoms with Crippen LogP contribution >= 0.6 is 0 Å². The zero-order chi connectivity index (χ0) is 12.9. The van der Waals surface area contributed by atoms with Gasteiger partial charge in [0.15, 0.2) is 5.60 Å². The normalized spacial score (nSPS) is 23.2. The van der Waals surface area contributed by atoms with Gasteiger partial charge in [-0.25, -0.2) is 9.59 Å². The van der Waals surface area contributed by atoms with Crippen molar-refractivity contribution in [1.29, 1.82) is 0 Å². The predicted octanol–water partition coefficient (Wildman–Crippen LogP) is 1.22. The molecule has 5 heteroatoms. The molecule has 0 aliphatic carbocycles. The maximum Gasteiger partial charge on any atom is 0.338 e. The first-order valence-electron chi connectivity index (χ1n) is 5.63. The number of methoxy groups -OCH3 is 1. The quantitative estimate of drug-likeness (QED) is 0.536. The fourth-order valence-electron chi connectivity index (χ4n) is 1.91. The molecule has 0 aromatic rings. The first kappa shape index (κ1) is 13.7. The third kappa shape index (κ3) is 3.06. The van der Waals surface area contributed by atoms with Crippen molar-refractivity contribution in [3.63, 3.8) is 0 Å². The summed E-state index contributed by atoms with van der Waals surface area (Å²) in [6.07, 6.45) is 1.43. The van der Waals surface area contributed by atoms with E-state index in [0.29, 0.717) is 13.0 Å². The summed E-state index contributed by atoms with van der Waals surface area (Å²) in [4.78, 5) is 23.2. The van der Waals surface area contributed by atoms with E-state index in [0.717, 1.165) is 6.42 Å². The molecule has 0 aromatic carbocycles. The lowest BCUT2D eigenvalue weighted by molar-refractivity contribution is -0.164. The van der Waals surface area contributed by atoms with Crippen molar-refractivity contribution < 1.29 is 23.8 Å². The molecule has 1 aliphatic rings. The van der Waals surface area contributed by atoms with Gasteiger partial charge >= 0.3 is 11.9 Å². The highest BCUT2D eigenvalue weighted by Gasteiger charge is 2.45. The van der Waals surface area contributed by atoms with Crippen LogP contribution in [0.1, 0.15) is 26.2 Å². The molecule has 0 N–H and O–H groups in total. The smallest absolute Gasteiger partial charge is 0.338 e. The Morgan fingerprint density at radius 1 is 1.47 bits per heavy atom. The van der Waals surface area contributed by atoms with E-state index in [9.17, 15) is 9.59 Å². The van der Waals surface area contributed by atoms with Crippen molar-refractivity contribution >= 4 is 11.9 Å². The van der Waals surface area contributed by atoms with E-state index in [2.05, 4.69) is 6.58 Å². The lowest BCUT2D eigenvalue weighted by Gasteiger charge is -2.25. The zero-order valence-electron chi connectivity index (χ0n) is 10.3. The fourth-order valence-corrected chi connectivity index (χ4v) is 1.91. The number of hydrogen-bond donors (Lipinski definition) is 0. The minimum absolute atomic E-state index is 0.124. The van der Waals surface area contributed by atoms with Crippen molar-refractivity contribution in [2.45, 2.75) is 31.8 Å². The summed E-state index contributed by atoms with van der Waals surface area (Å²) in [6.45, 7) is 6.12. The Bertz CT molecular complexity index is 315. The van der Waals surface area contributed by atoms with Crippen LogP contribution in [-0.4, -0.2) is 37.9 Å². The number of rotatable bonds is 5. The number of carbonyl (C=O) groups is 2. The molecule has 1 rings (SSSR count). The molecule has 1 heterocycles. The van der Waals surface area contributed by atoms with E-state index in [1.54, 1.807) is 6.92 Å². The molecule has 5 nitrogen and oxygen atoms in total. The molecule has 17 heavy (non-hydrogen) atoms. The highest BCUT2D eigenvalue weighted by molar-refractivity contribution is 5.90. The van der Waals surface area contributed by atoms with Gasteiger partial charge in [0.05, 0.1) is 13.7 Å². The maximum absolute atomic E-state index is 11.7. The average molecular weight is 242 g/mol. The van der Waals surface area contributed by atoms with Crippen LogP contribution in [0.3, 0.4) is 0 Å². The van der Waals surface area contributed by atoms with Gasteiger partial charge in [-0.05, 0) is 19.8 Å². The summed E-state index contributed by atoms with van der Waals surface area (Å²) in [7, 11) is 1.30. The van der Waals surface area contributed by atoms with Crippen LogP contribution in [0.5, 0.6) is 0 Å². The monoisotopic (exact) mass is 242 g/mol. The van der Waals surface area contributed by atoms with Gasteiger partial charge in [-0.15, -0.1) is 0 Å². The van der Waals surface area contributed by atoms with Crippen molar-refractivity contribution in [2.75, 3.05) is 20.3 Å². The molecular formula is C12H18O5. The Hall–Kier alpha value is -1.36. The van der Waals surface area contributed by atoms with Gasteiger partial charge < -0.3 is 14.2 Å². The molecule has 0 bridgehead atoms. The van der Waals surface area contributed by atoms with E-state index < -0.39 is 17.5 Å². The predicted molar refractivity (Wildman–Crippen MR) is 60.3 cm³/mol. The highest BCUT2D eigenvalue weighted by atomic mass is 16.6. The third-order valence-corrected chi connectivity index (χ3v) is 2.72. The minimum atomic E-state index is -1.06. The highest BCUT2D eigenvalue weighted by Crippen LogP contribution is 2.33. The summed E-state index contributed by atoms with van der Waals surface area (Å²) in [5.41, 5.74) is -0.822. The van der Waals surface area contributed by atoms with Crippen LogP contribution in [0.15, 0.2) is 12.2 Å². The number of esters is 2. The summed E-state index contributed by atoms with van der Waals surface area (Å²) < 4.78 is 15.0. The van der Waals surface area contributed by atoms with Crippen molar-refractivity contribution in [1.82, 2.24) is 0 Å². The zero-order valence-corrected chi connectivity index (χ0v) is 10.3. The lowest BCUT2D eigenvalue weighted by Crippen LogP contribution is -2.40. The molecule has 1 saturated heterocycles. The van der Waals surface area contributed by atoms with Crippen molar-refractivity contribution in [3.8, 4) is 0 Å². The van der Waals surface area contributed by atoms with Gasteiger partial charge in [0, 0.05) is 18.6 Å². The first-order chi connectivity index (χ1) is 8.05. The van der Waals surface area contributed by atoms with Gasteiger partial charge in [0.25, 0.3) is 0 Å². The van der Waals surface area contributed by atoms with Crippen LogP contribution in [-0.2, 0) is 23.8 Å². The fraction of sp³-hybridized carbons (Fsp3) is 0.667. The lowest BCUT2D eigenvalue weighted by atomic mass is 9.92. The van der Waals surface area contributed by atoms with Gasteiger partial charge in [0.2, 0.25) is 0 Å². The summed E-state index contributed by atoms with van der Waals surface area (Å²) in [5.74, 6) is -0.952. The molecule has 0 aromatic heterocycles. The maximum atomic E-state index is 11.7. The van der Waals surface area contributed by atoms with E-state index in [1.807, 2.05) is 0 Å². The van der Waals surface area contributed by atoms with Crippen LogP contribution in [0, 0.1) is 0 Å². The largest absolute Gasteiger partial charge is 0.467 e. The topological polar surface area (TPSA) is 61.8 Å². The second-order valence-corrected chi connectivity index (χ2v) is 3.94. The van der Waals surface area contributed by atoms with Crippen LogP contribution in [0.25, 0.3) is 0 Å². The third-order valence-electron chi connectivity index (χ3n) is 2.72. The minimum Gasteiger partial charge on any atom is -0.467 e. The Kier molecular flexibility index (Phi) is 4.69. The number of carbonyl (C=O) groups excluding carboxylic acids is 2. The molecule has 0 amide bonds. The van der Waals surface area contributed by atoms with Gasteiger partial charge in [-0.1, -0.05) is 6.58 Å². The molecular weight excluding hydrogens is 224 g/mol. The second kappa shape index (κ2) is 5.82. The van der Waals surface area contributed by atoms with Crippen LogP contribution in [0.4, 0.5) is 0 Å². The first-order valence-corrected chi connectivity index (χ1v) is 5.63. The number of ether oxygens (including phenoxy) is 3. The Morgan fingerprint density at radius 2 is 2.18 bits per heavy atom. The van der Waals surface area contributed by atoms with E-state index in [1.165, 1.54) is 7.11 Å². The van der Waals surface area contributed by atoms with Crippen molar-refractivity contribution in [2.24, 2.45) is 0 Å². The van der Waals surface area contributed by atoms with Crippen molar-refractivity contribution in [3.05, 3.63) is 12.2 Å². The Balaban J connectivity index is 2.71. The average Bonchev–Trinajstić information content (AvgIpc) is 2.78. The number of hydrogen-bond acceptors (Lipinski definition) is 5. The molecule has 0 spiro atoms. The molecule has 1 fully saturated rings. The standard InChI is InChI=1S/C12H18O5/c1-4-16-10(13)9(2)8-12(11(14)15-3)6-5-7-17-12/h2,4-8H2,1,3H3. The van der Waals surface area contributed by atoms with E-state index in [-0.39, 0.29) is 18.6 Å². The van der Waals surface area contributed by atoms with Gasteiger partial charge in [-0.2, -0.15) is 0 Å². The summed E-state index contributed by atoms with van der Waals surface area (Å²) in [5, 5.41) is 0. The van der Waals surface area contributed by atoms with Crippen LogP contribution < -0.4 is 0 Å². The van der Waals surface area contributed by atoms with E-state index in [4.69, 9.17) is 14.2 Å². The summed E-state index contributed by atoms with van der Waals surface area (Å²) in [6, 6.07) is 0. The molecule has 96 valence electrons. The SMILES string of the molecule is C=C(CC1(C(=O)OC)CCCO1)C(=O)OCC. The summed E-state index contributed by atoms with van der Waals surface area (Å²) >= 11 is 0. The van der Waals surface area contributed by atoms with Gasteiger partial charge in [-0.3, -0.25) is 0 Å². The molecule has 1 unspecified atom stereocenters. The van der Waals surface area contributed by atoms with E-state index >= 15 is 0 Å². The molecule has 0 saturated carbocycles. The molecule has 0 radical (unpaired) electrons. The van der Waals surface area contributed by atoms with Gasteiger partial charge in [0.1, 0.15) is 0 Å².